The minimum atomic E-state index is -5.87. The van der Waals surface area contributed by atoms with Crippen LogP contribution in [0.25, 0.3) is 0 Å². The Hall–Kier alpha value is 6.99. The first-order valence-corrected chi connectivity index (χ1v) is 8.76. The molecule has 24 heavy (non-hydrogen) atoms. The molecule has 0 atom stereocenters. The van der Waals surface area contributed by atoms with Gasteiger partial charge in [-0.05, 0) is 0 Å². The molecule has 0 aromatic rings. The summed E-state index contributed by atoms with van der Waals surface area (Å²) in [6.45, 7) is 0. The summed E-state index contributed by atoms with van der Waals surface area (Å²) in [6.07, 6.45) is 0. The van der Waals surface area contributed by atoms with Crippen LogP contribution < -0.4 is 225 Å². The summed E-state index contributed by atoms with van der Waals surface area (Å²) in [5.41, 5.74) is 0. The Bertz CT molecular complexity index is 374. The van der Waals surface area contributed by atoms with Crippen molar-refractivity contribution in [1.29, 1.82) is 0 Å². The van der Waals surface area contributed by atoms with Gasteiger partial charge in [-0.15, -0.1) is 0 Å². The first-order chi connectivity index (χ1) is 6.83. The second-order valence-electron chi connectivity index (χ2n) is 2.12. The molecule has 0 spiro atoms. The van der Waals surface area contributed by atoms with Crippen LogP contribution in [0.3, 0.4) is 0 Å². The zero-order valence-electron chi connectivity index (χ0n) is 12.7. The topological polar surface area (TPSA) is 323 Å². The van der Waals surface area contributed by atoms with E-state index in [0.29, 0.717) is 0 Å². The van der Waals surface area contributed by atoms with Crippen molar-refractivity contribution < 1.29 is 283 Å². The molecule has 0 unspecified atom stereocenters. The minimum absolute atomic E-state index is 0. The largest absolute Gasteiger partial charge is 1.00 e. The Morgan fingerprint density at radius 2 is 0.500 bits per heavy atom. The molecule has 1 saturated heterocycles. The van der Waals surface area contributed by atoms with Crippen LogP contribution in [-0.2, 0) is 35.5 Å². The predicted octanol–water partition coefficient (Wildman–Crippen LogP) is -17.3. The summed E-state index contributed by atoms with van der Waals surface area (Å²) in [5.74, 6) is 0. The minimum Gasteiger partial charge on any atom is -0.756 e. The Labute approximate surface area is 305 Å². The summed E-state index contributed by atoms with van der Waals surface area (Å²) < 4.78 is 54.5. The van der Waals surface area contributed by atoms with E-state index in [1.54, 1.807) is 0 Å². The van der Waals surface area contributed by atoms with Gasteiger partial charge in [0, 0.05) is 0 Å². The molecule has 1 heterocycles. The van der Waals surface area contributed by atoms with Crippen LogP contribution in [0.2, 0.25) is 0 Å². The molecule has 0 aromatic carbocycles. The fourth-order valence-corrected chi connectivity index (χ4v) is 6.02. The fourth-order valence-electron chi connectivity index (χ4n) is 0.550. The normalized spacial score (nSPS) is 36.8. The zero-order chi connectivity index (χ0) is 12.8. The Balaban J connectivity index is -0.0000000533. The summed E-state index contributed by atoms with van der Waals surface area (Å²) in [7, 11) is -23.5. The fraction of sp³-hybridized carbons (Fsp3) is 0. The maximum absolute atomic E-state index is 10.6. The van der Waals surface area contributed by atoms with Gasteiger partial charge < -0.3 is 41.5 Å². The first-order valence-electron chi connectivity index (χ1n) is 2.92. The van der Waals surface area contributed by atoms with Crippen molar-refractivity contribution in [3.05, 3.63) is 0 Å². The third kappa shape index (κ3) is 23.6. The van der Waals surface area contributed by atoms with Crippen molar-refractivity contribution >= 4 is 31.3 Å². The smallest absolute Gasteiger partial charge is 0.756 e. The van der Waals surface area contributed by atoms with Crippen molar-refractivity contribution in [2.45, 2.75) is 0 Å². The van der Waals surface area contributed by atoms with Gasteiger partial charge in [0.05, 0.1) is 0 Å². The van der Waals surface area contributed by atoms with Crippen molar-refractivity contribution in [3.8, 4) is 0 Å². The average molecular weight is 544 g/mol. The monoisotopic (exact) mass is 544 g/mol. The summed E-state index contributed by atoms with van der Waals surface area (Å²) in [6, 6.07) is 0. The number of hydrogen-bond acceptors (Lipinski definition) is 12. The van der Waals surface area contributed by atoms with Crippen LogP contribution in [0.15, 0.2) is 0 Å². The van der Waals surface area contributed by atoms with Crippen molar-refractivity contribution in [2.75, 3.05) is 0 Å². The van der Waals surface area contributed by atoms with E-state index in [4.69, 9.17) is 0 Å². The van der Waals surface area contributed by atoms with Gasteiger partial charge in [-0.25, -0.2) is 17.2 Å². The van der Waals surface area contributed by atoms with E-state index in [9.17, 15) is 37.8 Å². The summed E-state index contributed by atoms with van der Waals surface area (Å²) in [5, 5.41) is 0. The van der Waals surface area contributed by atoms with Crippen molar-refractivity contribution in [1.82, 2.24) is 0 Å². The molecular weight excluding hydrogens is 536 g/mol. The summed E-state index contributed by atoms with van der Waals surface area (Å²) >= 11 is 0. The molecular formula is H8K4O16P4. The molecule has 1 aliphatic rings. The quantitative estimate of drug-likeness (QED) is 0.203. The van der Waals surface area contributed by atoms with Gasteiger partial charge in [0.15, 0.2) is 0 Å². The van der Waals surface area contributed by atoms with E-state index in [-0.39, 0.29) is 227 Å². The molecule has 16 nitrogen and oxygen atoms in total. The van der Waals surface area contributed by atoms with Gasteiger partial charge in [-0.1, -0.05) is 0 Å². The van der Waals surface area contributed by atoms with E-state index in [0.717, 1.165) is 0 Å². The Morgan fingerprint density at radius 1 is 0.417 bits per heavy atom. The van der Waals surface area contributed by atoms with Gasteiger partial charge >= 0.3 is 206 Å². The van der Waals surface area contributed by atoms with Crippen LogP contribution in [-0.4, -0.2) is 21.9 Å². The van der Waals surface area contributed by atoms with Crippen LogP contribution in [0.1, 0.15) is 0 Å². The molecule has 1 aliphatic heterocycles. The van der Waals surface area contributed by atoms with E-state index in [1.807, 2.05) is 0 Å². The maximum Gasteiger partial charge on any atom is 1.00 e. The van der Waals surface area contributed by atoms with Gasteiger partial charge in [0.25, 0.3) is 31.3 Å². The molecule has 8 N–H and O–H groups in total. The van der Waals surface area contributed by atoms with Gasteiger partial charge in [0.2, 0.25) is 0 Å². The number of rotatable bonds is 0. The molecule has 0 radical (unpaired) electrons. The summed E-state index contributed by atoms with van der Waals surface area (Å²) in [4.78, 5) is 42.2. The van der Waals surface area contributed by atoms with Crippen LogP contribution >= 0.6 is 31.3 Å². The number of phosphoric acid groups is 4. The van der Waals surface area contributed by atoms with Gasteiger partial charge in [-0.3, -0.25) is 18.3 Å². The molecule has 1 fully saturated rings. The van der Waals surface area contributed by atoms with Crippen molar-refractivity contribution in [3.63, 3.8) is 0 Å². The third-order valence-electron chi connectivity index (χ3n) is 0.800. The molecule has 0 aromatic heterocycles. The molecule has 0 saturated carbocycles. The molecule has 1 rings (SSSR count). The van der Waals surface area contributed by atoms with E-state index in [1.165, 1.54) is 0 Å². The molecule has 24 heteroatoms. The van der Waals surface area contributed by atoms with Crippen LogP contribution in [0.5, 0.6) is 0 Å². The first kappa shape index (κ1) is 52.7. The SMILES string of the molecule is O.O.O.O.O=P1([O-])OP(=O)([O-])OP(=O)([O-])OP(=O)([O-])O1.[K+].[K+].[K+].[K+]. The molecule has 0 aliphatic carbocycles. The Kier molecular flexibility index (Phi) is 45.2. The van der Waals surface area contributed by atoms with E-state index >= 15 is 0 Å². The molecule has 0 amide bonds. The van der Waals surface area contributed by atoms with E-state index < -0.39 is 31.3 Å². The van der Waals surface area contributed by atoms with Crippen LogP contribution in [0, 0.1) is 0 Å². The van der Waals surface area contributed by atoms with E-state index in [2.05, 4.69) is 17.2 Å². The maximum atomic E-state index is 10.6. The van der Waals surface area contributed by atoms with Crippen molar-refractivity contribution in [2.24, 2.45) is 0 Å². The molecule has 0 bridgehead atoms. The molecule has 128 valence electrons. The standard InChI is InChI=1S/4K.H4O12P4.4H2O/c;;;;1-13(2)9-14(3,4)11-16(7,8)12-15(5,6)10-13;;;;/h;;;;(H,1,2)(H,3,4)(H,5,6)(H,7,8);4*1H2/q4*+1;;;;;/p-4. The van der Waals surface area contributed by atoms with Crippen LogP contribution in [0.4, 0.5) is 0 Å². The average Bonchev–Trinajstić information content (AvgIpc) is 1.67. The second kappa shape index (κ2) is 20.6. The Morgan fingerprint density at radius 3 is 0.583 bits per heavy atom. The van der Waals surface area contributed by atoms with Gasteiger partial charge in [-0.2, -0.15) is 0 Å². The third-order valence-corrected chi connectivity index (χ3v) is 7.20. The van der Waals surface area contributed by atoms with Gasteiger partial charge in [0.1, 0.15) is 0 Å². The second-order valence-corrected chi connectivity index (χ2v) is 8.31. The zero-order valence-corrected chi connectivity index (χ0v) is 28.8. The predicted molar refractivity (Wildman–Crippen MR) is 49.2 cm³/mol. The number of hydrogen-bond donors (Lipinski definition) is 0.